The Morgan fingerprint density at radius 1 is 1.00 bits per heavy atom. The van der Waals surface area contributed by atoms with Crippen molar-refractivity contribution >= 4 is 17.4 Å². The lowest BCUT2D eigenvalue weighted by Gasteiger charge is -2.13. The molecule has 0 saturated heterocycles. The first-order valence-electron chi connectivity index (χ1n) is 9.35. The predicted octanol–water partition coefficient (Wildman–Crippen LogP) is 5.07. The molecule has 0 saturated carbocycles. The standard InChI is InChI=1S/C24H22N2O2/c1-15-4-5-17(23(28)26-19-8-10-25-11-9-19)13-21(15)16-6-7-20-18(12-16)14-24(2,3)22(20)27/h4-13H,14H2,1-3H3,(H,25,26,28). The van der Waals surface area contributed by atoms with Gasteiger partial charge in [-0.3, -0.25) is 14.6 Å². The van der Waals surface area contributed by atoms with Crippen LogP contribution in [-0.4, -0.2) is 16.7 Å². The summed E-state index contributed by atoms with van der Waals surface area (Å²) in [5.41, 5.74) is 5.97. The maximum absolute atomic E-state index is 12.6. The lowest BCUT2D eigenvalue weighted by Crippen LogP contribution is -2.18. The average molecular weight is 370 g/mol. The zero-order valence-corrected chi connectivity index (χ0v) is 16.2. The maximum Gasteiger partial charge on any atom is 0.255 e. The zero-order valence-electron chi connectivity index (χ0n) is 16.2. The second-order valence-corrected chi connectivity index (χ2v) is 7.98. The molecule has 0 aliphatic heterocycles. The van der Waals surface area contributed by atoms with E-state index in [1.807, 2.05) is 51.1 Å². The van der Waals surface area contributed by atoms with Crippen LogP contribution in [0.2, 0.25) is 0 Å². The number of hydrogen-bond donors (Lipinski definition) is 1. The molecule has 0 fully saturated rings. The fraction of sp³-hybridized carbons (Fsp3) is 0.208. The van der Waals surface area contributed by atoms with Crippen molar-refractivity contribution in [1.29, 1.82) is 0 Å². The van der Waals surface area contributed by atoms with Gasteiger partial charge < -0.3 is 5.32 Å². The van der Waals surface area contributed by atoms with Gasteiger partial charge in [0.15, 0.2) is 5.78 Å². The van der Waals surface area contributed by atoms with Crippen LogP contribution in [0, 0.1) is 12.3 Å². The summed E-state index contributed by atoms with van der Waals surface area (Å²) in [7, 11) is 0. The number of nitrogens with one attached hydrogen (secondary N) is 1. The molecule has 1 heterocycles. The molecule has 1 aromatic heterocycles. The Labute approximate surface area is 164 Å². The number of benzene rings is 2. The Morgan fingerprint density at radius 2 is 1.75 bits per heavy atom. The molecule has 2 aromatic carbocycles. The molecule has 140 valence electrons. The minimum absolute atomic E-state index is 0.162. The Balaban J connectivity index is 1.67. The fourth-order valence-corrected chi connectivity index (χ4v) is 3.76. The molecular weight excluding hydrogens is 348 g/mol. The number of nitrogens with zero attached hydrogens (tertiary/aromatic N) is 1. The largest absolute Gasteiger partial charge is 0.322 e. The third kappa shape index (κ3) is 3.22. The smallest absolute Gasteiger partial charge is 0.255 e. The van der Waals surface area contributed by atoms with E-state index in [9.17, 15) is 9.59 Å². The van der Waals surface area contributed by atoms with Gasteiger partial charge in [0, 0.05) is 34.6 Å². The molecule has 4 heteroatoms. The van der Waals surface area contributed by atoms with Gasteiger partial charge in [0.2, 0.25) is 0 Å². The number of Topliss-reactive ketones (excluding diaryl/α,β-unsaturated/α-hetero) is 1. The van der Waals surface area contributed by atoms with E-state index in [1.54, 1.807) is 24.5 Å². The van der Waals surface area contributed by atoms with Crippen molar-refractivity contribution in [2.75, 3.05) is 5.32 Å². The van der Waals surface area contributed by atoms with E-state index in [-0.39, 0.29) is 17.1 Å². The van der Waals surface area contributed by atoms with Gasteiger partial charge in [-0.15, -0.1) is 0 Å². The molecule has 4 nitrogen and oxygen atoms in total. The molecule has 0 bridgehead atoms. The van der Waals surface area contributed by atoms with Crippen LogP contribution < -0.4 is 5.32 Å². The Bertz CT molecular complexity index is 1090. The zero-order chi connectivity index (χ0) is 19.9. The molecule has 1 amide bonds. The van der Waals surface area contributed by atoms with Crippen molar-refractivity contribution in [2.24, 2.45) is 5.41 Å². The highest BCUT2D eigenvalue weighted by Crippen LogP contribution is 2.38. The van der Waals surface area contributed by atoms with E-state index < -0.39 is 0 Å². The number of pyridine rings is 1. The number of carbonyl (C=O) groups excluding carboxylic acids is 2. The number of fused-ring (bicyclic) bond motifs is 1. The molecule has 1 N–H and O–H groups in total. The number of ketones is 1. The molecular formula is C24H22N2O2. The first-order chi connectivity index (χ1) is 13.3. The lowest BCUT2D eigenvalue weighted by atomic mass is 9.89. The topological polar surface area (TPSA) is 59.1 Å². The number of anilines is 1. The van der Waals surface area contributed by atoms with Crippen molar-refractivity contribution in [3.63, 3.8) is 0 Å². The maximum atomic E-state index is 12.6. The monoisotopic (exact) mass is 370 g/mol. The Morgan fingerprint density at radius 3 is 2.50 bits per heavy atom. The van der Waals surface area contributed by atoms with Crippen molar-refractivity contribution in [1.82, 2.24) is 4.98 Å². The third-order valence-corrected chi connectivity index (χ3v) is 5.35. The van der Waals surface area contributed by atoms with Crippen molar-refractivity contribution in [2.45, 2.75) is 27.2 Å². The summed E-state index contributed by atoms with van der Waals surface area (Å²) in [5, 5.41) is 2.89. The summed E-state index contributed by atoms with van der Waals surface area (Å²) in [4.78, 5) is 29.1. The van der Waals surface area contributed by atoms with Gasteiger partial charge in [0.1, 0.15) is 0 Å². The van der Waals surface area contributed by atoms with E-state index in [0.717, 1.165) is 34.2 Å². The van der Waals surface area contributed by atoms with Crippen molar-refractivity contribution in [3.05, 3.63) is 83.2 Å². The third-order valence-electron chi connectivity index (χ3n) is 5.35. The van der Waals surface area contributed by atoms with Crippen molar-refractivity contribution in [3.8, 4) is 11.1 Å². The highest BCUT2D eigenvalue weighted by atomic mass is 16.1. The summed E-state index contributed by atoms with van der Waals surface area (Å²) >= 11 is 0. The van der Waals surface area contributed by atoms with Crippen LogP contribution in [0.25, 0.3) is 11.1 Å². The van der Waals surface area contributed by atoms with E-state index in [2.05, 4.69) is 16.4 Å². The minimum atomic E-state index is -0.345. The summed E-state index contributed by atoms with van der Waals surface area (Å²) in [6, 6.07) is 15.2. The lowest BCUT2D eigenvalue weighted by molar-refractivity contribution is 0.0863. The molecule has 1 aliphatic rings. The van der Waals surface area contributed by atoms with E-state index >= 15 is 0 Å². The highest BCUT2D eigenvalue weighted by molar-refractivity contribution is 6.06. The van der Waals surface area contributed by atoms with Crippen LogP contribution in [0.1, 0.15) is 45.7 Å². The predicted molar refractivity (Wildman–Crippen MR) is 111 cm³/mol. The number of aryl methyl sites for hydroxylation is 1. The number of amides is 1. The van der Waals surface area contributed by atoms with Gasteiger partial charge in [-0.2, -0.15) is 0 Å². The summed E-state index contributed by atoms with van der Waals surface area (Å²) in [6.07, 6.45) is 4.03. The number of aromatic nitrogens is 1. The summed E-state index contributed by atoms with van der Waals surface area (Å²) in [5.74, 6) is 0.0428. The van der Waals surface area contributed by atoms with E-state index in [4.69, 9.17) is 0 Å². The van der Waals surface area contributed by atoms with Crippen LogP contribution in [-0.2, 0) is 6.42 Å². The van der Waals surface area contributed by atoms with Gasteiger partial charge in [-0.25, -0.2) is 0 Å². The fourth-order valence-electron chi connectivity index (χ4n) is 3.76. The van der Waals surface area contributed by atoms with Crippen molar-refractivity contribution < 1.29 is 9.59 Å². The van der Waals surface area contributed by atoms with Gasteiger partial charge in [0.05, 0.1) is 0 Å². The SMILES string of the molecule is Cc1ccc(C(=O)Nc2ccncc2)cc1-c1ccc2c(c1)CC(C)(C)C2=O. The van der Waals surface area contributed by atoms with E-state index in [1.165, 1.54) is 0 Å². The Hall–Kier alpha value is -3.27. The average Bonchev–Trinajstić information content (AvgIpc) is 2.91. The number of hydrogen-bond acceptors (Lipinski definition) is 3. The highest BCUT2D eigenvalue weighted by Gasteiger charge is 2.37. The van der Waals surface area contributed by atoms with Gasteiger partial charge >= 0.3 is 0 Å². The van der Waals surface area contributed by atoms with Crippen LogP contribution in [0.15, 0.2) is 60.9 Å². The van der Waals surface area contributed by atoms with Gasteiger partial charge in [0.25, 0.3) is 5.91 Å². The second-order valence-electron chi connectivity index (χ2n) is 7.98. The summed E-state index contributed by atoms with van der Waals surface area (Å²) in [6.45, 7) is 6.01. The number of carbonyl (C=O) groups is 2. The van der Waals surface area contributed by atoms with E-state index in [0.29, 0.717) is 11.3 Å². The quantitative estimate of drug-likeness (QED) is 0.700. The second kappa shape index (κ2) is 6.71. The molecule has 4 rings (SSSR count). The first kappa shape index (κ1) is 18.1. The molecule has 0 radical (unpaired) electrons. The molecule has 0 spiro atoms. The molecule has 0 atom stereocenters. The normalized spacial score (nSPS) is 14.6. The molecule has 28 heavy (non-hydrogen) atoms. The van der Waals surface area contributed by atoms with Crippen LogP contribution in [0.5, 0.6) is 0 Å². The molecule has 3 aromatic rings. The minimum Gasteiger partial charge on any atom is -0.322 e. The van der Waals surface area contributed by atoms with Crippen LogP contribution in [0.3, 0.4) is 0 Å². The molecule has 0 unspecified atom stereocenters. The van der Waals surface area contributed by atoms with Crippen LogP contribution in [0.4, 0.5) is 5.69 Å². The number of rotatable bonds is 3. The van der Waals surface area contributed by atoms with Crippen LogP contribution >= 0.6 is 0 Å². The summed E-state index contributed by atoms with van der Waals surface area (Å²) < 4.78 is 0. The first-order valence-corrected chi connectivity index (χ1v) is 9.35. The van der Waals surface area contributed by atoms with Gasteiger partial charge in [-0.05, 0) is 59.9 Å². The Kier molecular flexibility index (Phi) is 4.34. The van der Waals surface area contributed by atoms with Gasteiger partial charge in [-0.1, -0.05) is 38.1 Å². The molecule has 1 aliphatic carbocycles.